The fraction of sp³-hybridized carbons (Fsp3) is 0.143. The van der Waals surface area contributed by atoms with Crippen molar-refractivity contribution in [2.75, 3.05) is 16.6 Å². The molecule has 21 heavy (non-hydrogen) atoms. The molecule has 1 aliphatic heterocycles. The fourth-order valence-electron chi connectivity index (χ4n) is 2.27. The summed E-state index contributed by atoms with van der Waals surface area (Å²) in [5.74, 6) is -0.581. The molecule has 0 amide bonds. The molecule has 4 nitrogen and oxygen atoms in total. The van der Waals surface area contributed by atoms with Gasteiger partial charge in [-0.25, -0.2) is 12.8 Å². The number of anilines is 2. The molecule has 0 fully saturated rings. The summed E-state index contributed by atoms with van der Waals surface area (Å²) in [6.45, 7) is 0.843. The van der Waals surface area contributed by atoms with E-state index in [9.17, 15) is 12.8 Å². The number of sulfonamides is 1. The standard InChI is InChI=1S/C14H12ClFN2O2S/c15-12-8-10(16)1-4-14(12)21(19,20)18-11-2-3-13-9(7-11)5-6-17-13/h1-4,7-8,17-18H,5-6H2. The fourth-order valence-corrected chi connectivity index (χ4v) is 3.85. The highest BCUT2D eigenvalue weighted by molar-refractivity contribution is 7.92. The second kappa shape index (κ2) is 5.20. The minimum Gasteiger partial charge on any atom is -0.384 e. The van der Waals surface area contributed by atoms with Gasteiger partial charge in [-0.2, -0.15) is 0 Å². The van der Waals surface area contributed by atoms with Crippen molar-refractivity contribution in [1.82, 2.24) is 0 Å². The predicted octanol–water partition coefficient (Wildman–Crippen LogP) is 3.25. The van der Waals surface area contributed by atoms with Gasteiger partial charge in [0.25, 0.3) is 10.0 Å². The molecule has 2 N–H and O–H groups in total. The zero-order chi connectivity index (χ0) is 15.0. The van der Waals surface area contributed by atoms with Crippen LogP contribution < -0.4 is 10.0 Å². The first-order valence-electron chi connectivity index (χ1n) is 6.30. The minimum absolute atomic E-state index is 0.148. The maximum Gasteiger partial charge on any atom is 0.263 e. The van der Waals surface area contributed by atoms with Crippen LogP contribution in [-0.2, 0) is 16.4 Å². The molecule has 0 unspecified atom stereocenters. The van der Waals surface area contributed by atoms with E-state index in [0.29, 0.717) is 5.69 Å². The molecule has 1 aliphatic rings. The lowest BCUT2D eigenvalue weighted by atomic mass is 10.1. The van der Waals surface area contributed by atoms with E-state index in [2.05, 4.69) is 10.0 Å². The summed E-state index contributed by atoms with van der Waals surface area (Å²) in [4.78, 5) is -0.149. The van der Waals surface area contributed by atoms with Crippen molar-refractivity contribution in [3.05, 3.63) is 52.8 Å². The normalized spacial score (nSPS) is 13.6. The Kier molecular flexibility index (Phi) is 3.51. The van der Waals surface area contributed by atoms with E-state index in [0.717, 1.165) is 42.4 Å². The van der Waals surface area contributed by atoms with Gasteiger partial charge in [0.15, 0.2) is 0 Å². The van der Waals surface area contributed by atoms with Crippen LogP contribution in [0, 0.1) is 5.82 Å². The van der Waals surface area contributed by atoms with E-state index in [-0.39, 0.29) is 9.92 Å². The van der Waals surface area contributed by atoms with Gasteiger partial charge in [0.05, 0.1) is 5.02 Å². The van der Waals surface area contributed by atoms with Crippen LogP contribution in [0.5, 0.6) is 0 Å². The first-order valence-corrected chi connectivity index (χ1v) is 8.16. The summed E-state index contributed by atoms with van der Waals surface area (Å²) in [7, 11) is -3.85. The Bertz CT molecular complexity index is 809. The van der Waals surface area contributed by atoms with Crippen molar-refractivity contribution >= 4 is 33.0 Å². The maximum absolute atomic E-state index is 13.0. The summed E-state index contributed by atoms with van der Waals surface area (Å²) in [6.07, 6.45) is 0.849. The molecule has 2 aromatic rings. The molecule has 0 radical (unpaired) electrons. The van der Waals surface area contributed by atoms with Crippen molar-refractivity contribution in [2.24, 2.45) is 0 Å². The smallest absolute Gasteiger partial charge is 0.263 e. The van der Waals surface area contributed by atoms with Crippen LogP contribution in [-0.4, -0.2) is 15.0 Å². The Balaban J connectivity index is 1.92. The highest BCUT2D eigenvalue weighted by Gasteiger charge is 2.19. The zero-order valence-corrected chi connectivity index (χ0v) is 12.4. The highest BCUT2D eigenvalue weighted by Crippen LogP contribution is 2.28. The molecular weight excluding hydrogens is 315 g/mol. The molecule has 1 heterocycles. The van der Waals surface area contributed by atoms with Crippen molar-refractivity contribution in [2.45, 2.75) is 11.3 Å². The second-order valence-electron chi connectivity index (χ2n) is 4.73. The number of fused-ring (bicyclic) bond motifs is 1. The molecule has 110 valence electrons. The minimum atomic E-state index is -3.85. The van der Waals surface area contributed by atoms with Crippen molar-refractivity contribution in [3.8, 4) is 0 Å². The summed E-state index contributed by atoms with van der Waals surface area (Å²) in [6, 6.07) is 8.47. The molecule has 7 heteroatoms. The Hall–Kier alpha value is -1.79. The highest BCUT2D eigenvalue weighted by atomic mass is 35.5. The van der Waals surface area contributed by atoms with Gasteiger partial charge in [0, 0.05) is 17.9 Å². The van der Waals surface area contributed by atoms with Gasteiger partial charge in [-0.1, -0.05) is 11.6 Å². The topological polar surface area (TPSA) is 58.2 Å². The zero-order valence-electron chi connectivity index (χ0n) is 10.9. The summed E-state index contributed by atoms with van der Waals surface area (Å²) >= 11 is 5.80. The quantitative estimate of drug-likeness (QED) is 0.910. The Morgan fingerprint density at radius 2 is 2.00 bits per heavy atom. The van der Waals surface area contributed by atoms with Gasteiger partial charge < -0.3 is 5.32 Å². The number of rotatable bonds is 3. The van der Waals surface area contributed by atoms with Crippen LogP contribution in [0.15, 0.2) is 41.3 Å². The predicted molar refractivity (Wildman–Crippen MR) is 80.9 cm³/mol. The third kappa shape index (κ3) is 2.82. The summed E-state index contributed by atoms with van der Waals surface area (Å²) in [5.41, 5.74) is 2.52. The molecule has 0 saturated heterocycles. The number of nitrogens with one attached hydrogen (secondary N) is 2. The van der Waals surface area contributed by atoms with Gasteiger partial charge in [-0.3, -0.25) is 4.72 Å². The van der Waals surface area contributed by atoms with Crippen LogP contribution in [0.4, 0.5) is 15.8 Å². The second-order valence-corrected chi connectivity index (χ2v) is 6.79. The maximum atomic E-state index is 13.0. The van der Waals surface area contributed by atoms with E-state index in [4.69, 9.17) is 11.6 Å². The molecule has 0 atom stereocenters. The van der Waals surface area contributed by atoms with E-state index in [1.165, 1.54) is 0 Å². The van der Waals surface area contributed by atoms with Gasteiger partial charge in [0.1, 0.15) is 10.7 Å². The van der Waals surface area contributed by atoms with Crippen LogP contribution in [0.25, 0.3) is 0 Å². The average Bonchev–Trinajstić information content (AvgIpc) is 2.85. The Labute approximate surface area is 127 Å². The molecule has 2 aromatic carbocycles. The van der Waals surface area contributed by atoms with E-state index >= 15 is 0 Å². The number of halogens is 2. The van der Waals surface area contributed by atoms with Crippen molar-refractivity contribution in [1.29, 1.82) is 0 Å². The third-order valence-electron chi connectivity index (χ3n) is 3.25. The average molecular weight is 327 g/mol. The monoisotopic (exact) mass is 326 g/mol. The van der Waals surface area contributed by atoms with E-state index in [1.807, 2.05) is 6.07 Å². The lowest BCUT2D eigenvalue weighted by molar-refractivity contribution is 0.600. The van der Waals surface area contributed by atoms with Gasteiger partial charge >= 0.3 is 0 Å². The Morgan fingerprint density at radius 1 is 1.19 bits per heavy atom. The van der Waals surface area contributed by atoms with E-state index < -0.39 is 15.8 Å². The van der Waals surface area contributed by atoms with Crippen molar-refractivity contribution in [3.63, 3.8) is 0 Å². The first kappa shape index (κ1) is 14.2. The molecule has 0 aromatic heterocycles. The summed E-state index contributed by atoms with van der Waals surface area (Å²) in [5, 5.41) is 3.05. The van der Waals surface area contributed by atoms with Gasteiger partial charge in [-0.05, 0) is 48.4 Å². The SMILES string of the molecule is O=S(=O)(Nc1ccc2c(c1)CCN2)c1ccc(F)cc1Cl. The van der Waals surface area contributed by atoms with Crippen LogP contribution in [0.1, 0.15) is 5.56 Å². The molecule has 0 aliphatic carbocycles. The van der Waals surface area contributed by atoms with E-state index in [1.54, 1.807) is 12.1 Å². The number of hydrogen-bond acceptors (Lipinski definition) is 3. The van der Waals surface area contributed by atoms with Gasteiger partial charge in [-0.15, -0.1) is 0 Å². The lowest BCUT2D eigenvalue weighted by Gasteiger charge is -2.10. The van der Waals surface area contributed by atoms with Crippen molar-refractivity contribution < 1.29 is 12.8 Å². The Morgan fingerprint density at radius 3 is 2.76 bits per heavy atom. The lowest BCUT2D eigenvalue weighted by Crippen LogP contribution is -2.13. The first-order chi connectivity index (χ1) is 9.95. The van der Waals surface area contributed by atoms with Crippen LogP contribution in [0.3, 0.4) is 0 Å². The molecule has 0 spiro atoms. The van der Waals surface area contributed by atoms with Gasteiger partial charge in [0.2, 0.25) is 0 Å². The van der Waals surface area contributed by atoms with Crippen LogP contribution >= 0.6 is 11.6 Å². The number of hydrogen-bond donors (Lipinski definition) is 2. The molecule has 0 saturated carbocycles. The summed E-state index contributed by atoms with van der Waals surface area (Å²) < 4.78 is 40.1. The van der Waals surface area contributed by atoms with Crippen LogP contribution in [0.2, 0.25) is 5.02 Å². The third-order valence-corrected chi connectivity index (χ3v) is 5.11. The number of benzene rings is 2. The molecular formula is C14H12ClFN2O2S. The molecule has 0 bridgehead atoms. The molecule has 3 rings (SSSR count). The largest absolute Gasteiger partial charge is 0.384 e.